The summed E-state index contributed by atoms with van der Waals surface area (Å²) in [6.07, 6.45) is 3.42. The molecule has 0 N–H and O–H groups in total. The van der Waals surface area contributed by atoms with Crippen molar-refractivity contribution >= 4 is 22.9 Å². The van der Waals surface area contributed by atoms with Gasteiger partial charge < -0.3 is 4.57 Å². The van der Waals surface area contributed by atoms with Crippen LogP contribution in [0.25, 0.3) is 17.1 Å². The fraction of sp³-hybridized carbons (Fsp3) is 0. The molecule has 2 heteroatoms. The van der Waals surface area contributed by atoms with Crippen molar-refractivity contribution < 1.29 is 4.79 Å². The summed E-state index contributed by atoms with van der Waals surface area (Å²) < 4.78 is 1.93. The second kappa shape index (κ2) is 2.10. The number of nitrogens with zero attached hydrogens (tertiary/aromatic N) is 1. The molecule has 0 bridgehead atoms. The molecule has 0 fully saturated rings. The van der Waals surface area contributed by atoms with Crippen LogP contribution in [-0.2, 0) is 0 Å². The molecule has 62 valence electrons. The molecule has 1 aromatic heterocycles. The zero-order chi connectivity index (χ0) is 8.84. The SMILES string of the molecule is O=C1C=Cn2c1cc1ccccc12. The van der Waals surface area contributed by atoms with E-state index in [0.29, 0.717) is 0 Å². The van der Waals surface area contributed by atoms with E-state index in [4.69, 9.17) is 0 Å². The van der Waals surface area contributed by atoms with Gasteiger partial charge in [0, 0.05) is 17.7 Å². The van der Waals surface area contributed by atoms with Crippen LogP contribution >= 0.6 is 0 Å². The number of aromatic nitrogens is 1. The average molecular weight is 169 g/mol. The number of carbonyl (C=O) groups is 1. The number of carbonyl (C=O) groups excluding carboxylic acids is 1. The largest absolute Gasteiger partial charge is 0.313 e. The van der Waals surface area contributed by atoms with Crippen molar-refractivity contribution in [2.75, 3.05) is 0 Å². The van der Waals surface area contributed by atoms with Gasteiger partial charge >= 0.3 is 0 Å². The Morgan fingerprint density at radius 1 is 1.15 bits per heavy atom. The molecule has 0 radical (unpaired) electrons. The minimum absolute atomic E-state index is 0.0937. The first-order chi connectivity index (χ1) is 6.36. The standard InChI is InChI=1S/C11H7NO/c13-11-5-6-12-9-4-2-1-3-8(9)7-10(11)12/h1-7H. The van der Waals surface area contributed by atoms with E-state index in [2.05, 4.69) is 0 Å². The number of allylic oxidation sites excluding steroid dienone is 1. The molecule has 2 nitrogen and oxygen atoms in total. The molecule has 13 heavy (non-hydrogen) atoms. The maximum Gasteiger partial charge on any atom is 0.204 e. The van der Waals surface area contributed by atoms with Crippen molar-refractivity contribution in [3.63, 3.8) is 0 Å². The van der Waals surface area contributed by atoms with Crippen LogP contribution in [0.15, 0.2) is 36.4 Å². The smallest absolute Gasteiger partial charge is 0.204 e. The second-order valence-electron chi connectivity index (χ2n) is 3.14. The van der Waals surface area contributed by atoms with E-state index in [0.717, 1.165) is 16.6 Å². The Hall–Kier alpha value is -1.83. The van der Waals surface area contributed by atoms with Crippen molar-refractivity contribution in [3.05, 3.63) is 42.1 Å². The maximum absolute atomic E-state index is 11.3. The third-order valence-corrected chi connectivity index (χ3v) is 2.38. The quantitative estimate of drug-likeness (QED) is 0.593. The van der Waals surface area contributed by atoms with Gasteiger partial charge in [0.2, 0.25) is 5.78 Å². The molecule has 0 unspecified atom stereocenters. The Labute approximate surface area is 75.1 Å². The van der Waals surface area contributed by atoms with Crippen LogP contribution in [-0.4, -0.2) is 10.4 Å². The van der Waals surface area contributed by atoms with Crippen molar-refractivity contribution in [3.8, 4) is 0 Å². The highest BCUT2D eigenvalue weighted by molar-refractivity contribution is 6.12. The van der Waals surface area contributed by atoms with Crippen LogP contribution < -0.4 is 0 Å². The summed E-state index contributed by atoms with van der Waals surface area (Å²) in [6.45, 7) is 0. The molecular weight excluding hydrogens is 162 g/mol. The van der Waals surface area contributed by atoms with Crippen LogP contribution in [0.2, 0.25) is 0 Å². The molecule has 0 spiro atoms. The number of ketones is 1. The Morgan fingerprint density at radius 2 is 2.00 bits per heavy atom. The van der Waals surface area contributed by atoms with Crippen LogP contribution in [0.3, 0.4) is 0 Å². The highest BCUT2D eigenvalue weighted by Crippen LogP contribution is 2.23. The topological polar surface area (TPSA) is 22.0 Å². The number of rotatable bonds is 0. The van der Waals surface area contributed by atoms with Crippen LogP contribution in [0.4, 0.5) is 0 Å². The van der Waals surface area contributed by atoms with E-state index in [1.54, 1.807) is 6.08 Å². The fourth-order valence-electron chi connectivity index (χ4n) is 1.75. The van der Waals surface area contributed by atoms with Crippen molar-refractivity contribution in [1.82, 2.24) is 4.57 Å². The first-order valence-corrected chi connectivity index (χ1v) is 4.19. The molecule has 1 aliphatic heterocycles. The summed E-state index contributed by atoms with van der Waals surface area (Å²) in [5, 5.41) is 1.12. The van der Waals surface area contributed by atoms with Gasteiger partial charge in [0.05, 0.1) is 11.2 Å². The van der Waals surface area contributed by atoms with Gasteiger partial charge in [0.1, 0.15) is 0 Å². The zero-order valence-electron chi connectivity index (χ0n) is 6.90. The molecule has 0 amide bonds. The van der Waals surface area contributed by atoms with Gasteiger partial charge in [-0.3, -0.25) is 4.79 Å². The summed E-state index contributed by atoms with van der Waals surface area (Å²) in [5.41, 5.74) is 1.86. The summed E-state index contributed by atoms with van der Waals surface area (Å²) in [7, 11) is 0. The predicted molar refractivity (Wildman–Crippen MR) is 51.6 cm³/mol. The lowest BCUT2D eigenvalue weighted by molar-refractivity contribution is 0.104. The van der Waals surface area contributed by atoms with Gasteiger partial charge in [0.25, 0.3) is 0 Å². The highest BCUT2D eigenvalue weighted by atomic mass is 16.1. The molecule has 1 aliphatic rings. The molecule has 2 heterocycles. The summed E-state index contributed by atoms with van der Waals surface area (Å²) in [6, 6.07) is 9.92. The minimum atomic E-state index is 0.0937. The third kappa shape index (κ3) is 0.746. The Morgan fingerprint density at radius 3 is 2.92 bits per heavy atom. The Bertz CT molecular complexity index is 534. The Balaban J connectivity index is 2.51. The Kier molecular flexibility index (Phi) is 1.08. The van der Waals surface area contributed by atoms with Crippen LogP contribution in [0.1, 0.15) is 10.5 Å². The van der Waals surface area contributed by atoms with Gasteiger partial charge in [-0.15, -0.1) is 0 Å². The van der Waals surface area contributed by atoms with Crippen molar-refractivity contribution in [2.45, 2.75) is 0 Å². The van der Waals surface area contributed by atoms with E-state index in [1.807, 2.05) is 41.1 Å². The predicted octanol–water partition coefficient (Wildman–Crippen LogP) is 2.31. The van der Waals surface area contributed by atoms with E-state index >= 15 is 0 Å². The summed E-state index contributed by atoms with van der Waals surface area (Å²) >= 11 is 0. The van der Waals surface area contributed by atoms with E-state index < -0.39 is 0 Å². The number of fused-ring (bicyclic) bond motifs is 3. The van der Waals surface area contributed by atoms with Gasteiger partial charge in [-0.25, -0.2) is 0 Å². The van der Waals surface area contributed by atoms with Crippen molar-refractivity contribution in [1.29, 1.82) is 0 Å². The van der Waals surface area contributed by atoms with Crippen LogP contribution in [0, 0.1) is 0 Å². The van der Waals surface area contributed by atoms with Gasteiger partial charge in [-0.05, 0) is 12.1 Å². The van der Waals surface area contributed by atoms with Gasteiger partial charge in [0.15, 0.2) is 0 Å². The first kappa shape index (κ1) is 6.66. The normalized spacial score (nSPS) is 14.0. The molecule has 0 atom stereocenters. The molecule has 0 saturated heterocycles. The summed E-state index contributed by atoms with van der Waals surface area (Å²) in [5.74, 6) is 0.0937. The van der Waals surface area contributed by atoms with E-state index in [1.165, 1.54) is 0 Å². The first-order valence-electron chi connectivity index (χ1n) is 4.19. The van der Waals surface area contributed by atoms with E-state index in [9.17, 15) is 4.79 Å². The van der Waals surface area contributed by atoms with Crippen LogP contribution in [0.5, 0.6) is 0 Å². The molecule has 1 aromatic carbocycles. The lowest BCUT2D eigenvalue weighted by atomic mass is 10.2. The van der Waals surface area contributed by atoms with E-state index in [-0.39, 0.29) is 5.78 Å². The second-order valence-corrected chi connectivity index (χ2v) is 3.14. The molecule has 0 saturated carbocycles. The fourth-order valence-corrected chi connectivity index (χ4v) is 1.75. The lowest BCUT2D eigenvalue weighted by Gasteiger charge is -1.94. The maximum atomic E-state index is 11.3. The third-order valence-electron chi connectivity index (χ3n) is 2.38. The summed E-state index contributed by atoms with van der Waals surface area (Å²) in [4.78, 5) is 11.3. The average Bonchev–Trinajstić information content (AvgIpc) is 2.67. The molecular formula is C11H7NO. The lowest BCUT2D eigenvalue weighted by Crippen LogP contribution is -1.92. The van der Waals surface area contributed by atoms with Crippen molar-refractivity contribution in [2.24, 2.45) is 0 Å². The number of para-hydroxylation sites is 1. The number of hydrogen-bond donors (Lipinski definition) is 0. The van der Waals surface area contributed by atoms with Gasteiger partial charge in [-0.2, -0.15) is 0 Å². The molecule has 0 aliphatic carbocycles. The van der Waals surface area contributed by atoms with Gasteiger partial charge in [-0.1, -0.05) is 18.2 Å². The number of benzene rings is 1. The highest BCUT2D eigenvalue weighted by Gasteiger charge is 2.16. The zero-order valence-corrected chi connectivity index (χ0v) is 6.90. The molecule has 2 aromatic rings. The monoisotopic (exact) mass is 169 g/mol. The molecule has 3 rings (SSSR count). The minimum Gasteiger partial charge on any atom is -0.313 e. The number of hydrogen-bond acceptors (Lipinski definition) is 1.